The van der Waals surface area contributed by atoms with Gasteiger partial charge in [0.15, 0.2) is 0 Å². The molecule has 0 spiro atoms. The van der Waals surface area contributed by atoms with Gasteiger partial charge in [-0.2, -0.15) is 0 Å². The number of amides is 1. The van der Waals surface area contributed by atoms with E-state index in [4.69, 9.17) is 11.6 Å². The summed E-state index contributed by atoms with van der Waals surface area (Å²) in [6.07, 6.45) is 0.342. The Morgan fingerprint density at radius 1 is 0.958 bits per heavy atom. The van der Waals surface area contributed by atoms with Gasteiger partial charge in [0, 0.05) is 5.56 Å². The van der Waals surface area contributed by atoms with Crippen LogP contribution < -0.4 is 5.32 Å². The fourth-order valence-electron chi connectivity index (χ4n) is 2.53. The normalized spacial score (nSPS) is 10.0. The van der Waals surface area contributed by atoms with Crippen molar-refractivity contribution < 1.29 is 4.79 Å². The van der Waals surface area contributed by atoms with Crippen LogP contribution in [0.2, 0.25) is 5.02 Å². The fourth-order valence-corrected chi connectivity index (χ4v) is 2.71. The second kappa shape index (κ2) is 7.68. The second-order valence-electron chi connectivity index (χ2n) is 5.37. The molecule has 0 unspecified atom stereocenters. The molecule has 118 valence electrons. The number of hydrogen-bond acceptors (Lipinski definition) is 1. The minimum absolute atomic E-state index is 0.0418. The number of rotatable bonds is 3. The van der Waals surface area contributed by atoms with Gasteiger partial charge < -0.3 is 5.32 Å². The lowest BCUT2D eigenvalue weighted by Gasteiger charge is -2.06. The summed E-state index contributed by atoms with van der Waals surface area (Å²) in [7, 11) is 0. The van der Waals surface area contributed by atoms with Crippen LogP contribution >= 0.6 is 11.6 Å². The van der Waals surface area contributed by atoms with E-state index in [1.165, 1.54) is 0 Å². The van der Waals surface area contributed by atoms with Gasteiger partial charge in [-0.05, 0) is 28.5 Å². The smallest absolute Gasteiger partial charge is 0.225 e. The van der Waals surface area contributed by atoms with Gasteiger partial charge in [-0.25, -0.2) is 0 Å². The van der Waals surface area contributed by atoms with Crippen molar-refractivity contribution in [3.05, 3.63) is 82.9 Å². The van der Waals surface area contributed by atoms with Crippen LogP contribution in [0, 0.1) is 11.8 Å². The Morgan fingerprint density at radius 2 is 1.71 bits per heavy atom. The maximum atomic E-state index is 12.1. The fraction of sp³-hybridized carbons (Fsp3) is 0.0952. The van der Waals surface area contributed by atoms with Crippen molar-refractivity contribution in [3.8, 4) is 11.8 Å². The number of hydrogen-bond donors (Lipinski definition) is 1. The Kier molecular flexibility index (Phi) is 5.15. The Hall–Kier alpha value is -2.76. The first-order valence-electron chi connectivity index (χ1n) is 7.71. The van der Waals surface area contributed by atoms with E-state index in [0.717, 1.165) is 21.9 Å². The highest BCUT2D eigenvalue weighted by molar-refractivity contribution is 6.31. The molecule has 1 amide bonds. The van der Waals surface area contributed by atoms with E-state index >= 15 is 0 Å². The molecule has 0 aliphatic carbocycles. The van der Waals surface area contributed by atoms with Crippen molar-refractivity contribution in [2.45, 2.75) is 6.42 Å². The molecule has 3 rings (SSSR count). The van der Waals surface area contributed by atoms with Crippen molar-refractivity contribution in [1.82, 2.24) is 5.32 Å². The lowest BCUT2D eigenvalue weighted by molar-refractivity contribution is -0.120. The van der Waals surface area contributed by atoms with E-state index in [1.54, 1.807) is 6.07 Å². The molecule has 0 heterocycles. The SMILES string of the molecule is O=C(Cc1cccc2ccccc12)NCC#Cc1ccccc1Cl. The lowest BCUT2D eigenvalue weighted by atomic mass is 10.0. The summed E-state index contributed by atoms with van der Waals surface area (Å²) in [6, 6.07) is 21.5. The first-order chi connectivity index (χ1) is 11.7. The molecule has 2 nitrogen and oxygen atoms in total. The Morgan fingerprint density at radius 3 is 2.58 bits per heavy atom. The number of nitrogens with one attached hydrogen (secondary N) is 1. The first-order valence-corrected chi connectivity index (χ1v) is 8.08. The number of fused-ring (bicyclic) bond motifs is 1. The predicted octanol–water partition coefficient (Wildman–Crippen LogP) is 4.20. The second-order valence-corrected chi connectivity index (χ2v) is 5.78. The molecule has 3 aromatic rings. The van der Waals surface area contributed by atoms with Gasteiger partial charge in [-0.1, -0.05) is 78.0 Å². The highest BCUT2D eigenvalue weighted by atomic mass is 35.5. The van der Waals surface area contributed by atoms with Gasteiger partial charge in [0.25, 0.3) is 0 Å². The van der Waals surface area contributed by atoms with Gasteiger partial charge in [0.1, 0.15) is 0 Å². The van der Waals surface area contributed by atoms with E-state index in [1.807, 2.05) is 60.7 Å². The van der Waals surface area contributed by atoms with E-state index in [0.29, 0.717) is 18.0 Å². The summed E-state index contributed by atoms with van der Waals surface area (Å²) in [5.41, 5.74) is 1.78. The van der Waals surface area contributed by atoms with Gasteiger partial charge in [-0.3, -0.25) is 4.79 Å². The van der Waals surface area contributed by atoms with Crippen molar-refractivity contribution >= 4 is 28.3 Å². The molecule has 0 bridgehead atoms. The van der Waals surface area contributed by atoms with Gasteiger partial charge >= 0.3 is 0 Å². The Balaban J connectivity index is 1.61. The molecule has 0 saturated carbocycles. The van der Waals surface area contributed by atoms with Crippen molar-refractivity contribution in [2.24, 2.45) is 0 Å². The molecule has 0 aliphatic rings. The van der Waals surface area contributed by atoms with Crippen molar-refractivity contribution in [1.29, 1.82) is 0 Å². The molecular weight excluding hydrogens is 318 g/mol. The quantitative estimate of drug-likeness (QED) is 0.715. The first kappa shape index (κ1) is 16.1. The maximum Gasteiger partial charge on any atom is 0.225 e. The molecule has 3 aromatic carbocycles. The predicted molar refractivity (Wildman–Crippen MR) is 99.0 cm³/mol. The summed E-state index contributed by atoms with van der Waals surface area (Å²) < 4.78 is 0. The number of carbonyl (C=O) groups is 1. The summed E-state index contributed by atoms with van der Waals surface area (Å²) in [5, 5.41) is 5.70. The average Bonchev–Trinajstić information content (AvgIpc) is 2.60. The van der Waals surface area contributed by atoms with E-state index in [9.17, 15) is 4.79 Å². The number of halogens is 1. The van der Waals surface area contributed by atoms with E-state index < -0.39 is 0 Å². The van der Waals surface area contributed by atoms with Crippen LogP contribution in [0.4, 0.5) is 0 Å². The molecular formula is C21H16ClNO. The topological polar surface area (TPSA) is 29.1 Å². The van der Waals surface area contributed by atoms with Crippen LogP contribution in [0.3, 0.4) is 0 Å². The Labute approximate surface area is 146 Å². The third-order valence-corrected chi connectivity index (χ3v) is 4.03. The lowest BCUT2D eigenvalue weighted by Crippen LogP contribution is -2.25. The standard InChI is InChI=1S/C21H16ClNO/c22-20-13-4-2-8-17(20)11-6-14-23-21(24)15-18-10-5-9-16-7-1-3-12-19(16)18/h1-5,7-10,12-13H,14-15H2,(H,23,24). The third kappa shape index (κ3) is 3.95. The van der Waals surface area contributed by atoms with Gasteiger partial charge in [-0.15, -0.1) is 0 Å². The monoisotopic (exact) mass is 333 g/mol. The molecule has 0 saturated heterocycles. The molecule has 0 aromatic heterocycles. The minimum Gasteiger partial charge on any atom is -0.345 e. The molecule has 1 N–H and O–H groups in total. The largest absolute Gasteiger partial charge is 0.345 e. The summed E-state index contributed by atoms with van der Waals surface area (Å²) in [4.78, 5) is 12.1. The third-order valence-electron chi connectivity index (χ3n) is 3.70. The van der Waals surface area contributed by atoms with Crippen LogP contribution in [-0.4, -0.2) is 12.5 Å². The van der Waals surface area contributed by atoms with Crippen LogP contribution in [0.25, 0.3) is 10.8 Å². The highest BCUT2D eigenvalue weighted by Gasteiger charge is 2.05. The van der Waals surface area contributed by atoms with Crippen molar-refractivity contribution in [3.63, 3.8) is 0 Å². The number of benzene rings is 3. The average molecular weight is 334 g/mol. The zero-order valence-corrected chi connectivity index (χ0v) is 13.8. The Bertz CT molecular complexity index is 932. The van der Waals surface area contributed by atoms with Crippen LogP contribution in [-0.2, 0) is 11.2 Å². The molecule has 0 aliphatic heterocycles. The van der Waals surface area contributed by atoms with Gasteiger partial charge in [0.2, 0.25) is 5.91 Å². The molecule has 0 atom stereocenters. The summed E-state index contributed by atoms with van der Waals surface area (Å²) >= 11 is 6.04. The molecule has 0 fully saturated rings. The molecule has 24 heavy (non-hydrogen) atoms. The van der Waals surface area contributed by atoms with Crippen LogP contribution in [0.15, 0.2) is 66.7 Å². The zero-order chi connectivity index (χ0) is 16.8. The van der Waals surface area contributed by atoms with E-state index in [-0.39, 0.29) is 5.91 Å². The highest BCUT2D eigenvalue weighted by Crippen LogP contribution is 2.18. The molecule has 3 heteroatoms. The van der Waals surface area contributed by atoms with Crippen LogP contribution in [0.1, 0.15) is 11.1 Å². The zero-order valence-electron chi connectivity index (χ0n) is 13.1. The van der Waals surface area contributed by atoms with Crippen LogP contribution in [0.5, 0.6) is 0 Å². The summed E-state index contributed by atoms with van der Waals surface area (Å²) in [6.45, 7) is 0.300. The number of carbonyl (C=O) groups excluding carboxylic acids is 1. The maximum absolute atomic E-state index is 12.1. The van der Waals surface area contributed by atoms with E-state index in [2.05, 4.69) is 17.2 Å². The van der Waals surface area contributed by atoms with Crippen molar-refractivity contribution in [2.75, 3.05) is 6.54 Å². The minimum atomic E-state index is -0.0418. The summed E-state index contributed by atoms with van der Waals surface area (Å²) in [5.74, 6) is 5.85. The molecule has 0 radical (unpaired) electrons. The van der Waals surface area contributed by atoms with Gasteiger partial charge in [0.05, 0.1) is 18.0 Å².